The number of aryl methyl sites for hydroxylation is 2. The fourth-order valence-corrected chi connectivity index (χ4v) is 3.20. The third-order valence-electron chi connectivity index (χ3n) is 4.54. The zero-order chi connectivity index (χ0) is 20.5. The molecule has 28 heavy (non-hydrogen) atoms. The molecule has 7 heteroatoms. The molecular weight excluding hydrogens is 367 g/mol. The summed E-state index contributed by atoms with van der Waals surface area (Å²) in [4.78, 5) is 17.1. The van der Waals surface area contributed by atoms with Crippen LogP contribution in [-0.2, 0) is 12.6 Å². The molecule has 0 radical (unpaired) electrons. The van der Waals surface area contributed by atoms with Crippen LogP contribution < -0.4 is 5.32 Å². The summed E-state index contributed by atoms with van der Waals surface area (Å²) < 4.78 is 41.7. The highest BCUT2D eigenvalue weighted by Crippen LogP contribution is 2.35. The number of carbonyl (C=O) groups is 1. The molecule has 0 atom stereocenters. The van der Waals surface area contributed by atoms with Gasteiger partial charge in [-0.25, -0.2) is 4.98 Å². The third-order valence-corrected chi connectivity index (χ3v) is 4.54. The molecule has 2 heterocycles. The molecule has 0 saturated carbocycles. The van der Waals surface area contributed by atoms with Gasteiger partial charge in [-0.3, -0.25) is 4.79 Å². The van der Waals surface area contributed by atoms with E-state index in [0.717, 1.165) is 18.2 Å². The Balaban J connectivity index is 2.00. The summed E-state index contributed by atoms with van der Waals surface area (Å²) in [5, 5.41) is 2.73. The summed E-state index contributed by atoms with van der Waals surface area (Å²) in [6, 6.07) is 12.2. The largest absolute Gasteiger partial charge is 0.418 e. The SMILES string of the molecule is CCc1cccc(NC(=O)c2cc(C)n(-c3ccccc3C(F)(F)F)c2C)n1. The Morgan fingerprint density at radius 3 is 2.50 bits per heavy atom. The smallest absolute Gasteiger partial charge is 0.317 e. The summed E-state index contributed by atoms with van der Waals surface area (Å²) in [7, 11) is 0. The molecule has 0 bridgehead atoms. The number of hydrogen-bond acceptors (Lipinski definition) is 2. The first-order valence-corrected chi connectivity index (χ1v) is 8.85. The fraction of sp³-hybridized carbons (Fsp3) is 0.238. The quantitative estimate of drug-likeness (QED) is 0.658. The molecule has 0 unspecified atom stereocenters. The van der Waals surface area contributed by atoms with Crippen molar-refractivity contribution in [2.75, 3.05) is 5.32 Å². The number of halogens is 3. The number of rotatable bonds is 4. The molecule has 2 aromatic heterocycles. The van der Waals surface area contributed by atoms with Crippen molar-refractivity contribution in [1.82, 2.24) is 9.55 Å². The number of nitrogens with zero attached hydrogens (tertiary/aromatic N) is 2. The van der Waals surface area contributed by atoms with Gasteiger partial charge in [0.25, 0.3) is 5.91 Å². The zero-order valence-corrected chi connectivity index (χ0v) is 15.8. The van der Waals surface area contributed by atoms with Crippen molar-refractivity contribution in [2.24, 2.45) is 0 Å². The molecule has 0 aliphatic rings. The number of aromatic nitrogens is 2. The van der Waals surface area contributed by atoms with E-state index in [9.17, 15) is 18.0 Å². The van der Waals surface area contributed by atoms with Gasteiger partial charge in [0.1, 0.15) is 5.82 Å². The van der Waals surface area contributed by atoms with Gasteiger partial charge in [-0.1, -0.05) is 25.1 Å². The van der Waals surface area contributed by atoms with Gasteiger partial charge in [0.15, 0.2) is 0 Å². The molecule has 0 spiro atoms. The van der Waals surface area contributed by atoms with E-state index in [1.165, 1.54) is 16.7 Å². The number of para-hydroxylation sites is 1. The predicted molar refractivity (Wildman–Crippen MR) is 102 cm³/mol. The summed E-state index contributed by atoms with van der Waals surface area (Å²) in [6.07, 6.45) is -3.76. The van der Waals surface area contributed by atoms with Crippen LogP contribution in [0.5, 0.6) is 0 Å². The minimum absolute atomic E-state index is 0.00449. The normalized spacial score (nSPS) is 11.5. The van der Waals surface area contributed by atoms with Crippen LogP contribution in [0, 0.1) is 13.8 Å². The lowest BCUT2D eigenvalue weighted by atomic mass is 10.1. The molecule has 1 N–H and O–H groups in total. The Morgan fingerprint density at radius 2 is 1.82 bits per heavy atom. The van der Waals surface area contributed by atoms with Crippen molar-refractivity contribution < 1.29 is 18.0 Å². The van der Waals surface area contributed by atoms with E-state index >= 15 is 0 Å². The van der Waals surface area contributed by atoms with Gasteiger partial charge in [0.05, 0.1) is 16.8 Å². The first-order valence-electron chi connectivity index (χ1n) is 8.85. The molecule has 3 rings (SSSR count). The first kappa shape index (κ1) is 19.7. The average molecular weight is 387 g/mol. The number of alkyl halides is 3. The van der Waals surface area contributed by atoms with Crippen molar-refractivity contribution in [3.63, 3.8) is 0 Å². The number of carbonyl (C=O) groups excluding carboxylic acids is 1. The number of amides is 1. The van der Waals surface area contributed by atoms with Crippen molar-refractivity contribution in [1.29, 1.82) is 0 Å². The lowest BCUT2D eigenvalue weighted by molar-refractivity contribution is -0.137. The van der Waals surface area contributed by atoms with Gasteiger partial charge >= 0.3 is 6.18 Å². The van der Waals surface area contributed by atoms with Crippen LogP contribution in [0.4, 0.5) is 19.0 Å². The maximum atomic E-state index is 13.4. The van der Waals surface area contributed by atoms with Crippen LogP contribution in [0.1, 0.15) is 39.9 Å². The third kappa shape index (κ3) is 3.78. The van der Waals surface area contributed by atoms with Gasteiger partial charge in [0.2, 0.25) is 0 Å². The highest BCUT2D eigenvalue weighted by Gasteiger charge is 2.34. The molecule has 3 aromatic rings. The average Bonchev–Trinajstić information content (AvgIpc) is 2.95. The molecule has 0 aliphatic heterocycles. The lowest BCUT2D eigenvalue weighted by Gasteiger charge is -2.16. The molecular formula is C21H20F3N3O. The van der Waals surface area contributed by atoms with E-state index in [1.807, 2.05) is 13.0 Å². The van der Waals surface area contributed by atoms with E-state index < -0.39 is 17.6 Å². The topological polar surface area (TPSA) is 46.9 Å². The molecule has 0 aliphatic carbocycles. The monoisotopic (exact) mass is 387 g/mol. The Bertz CT molecular complexity index is 1020. The van der Waals surface area contributed by atoms with Crippen LogP contribution in [0.2, 0.25) is 0 Å². The van der Waals surface area contributed by atoms with Crippen molar-refractivity contribution >= 4 is 11.7 Å². The van der Waals surface area contributed by atoms with Crippen LogP contribution in [-0.4, -0.2) is 15.5 Å². The minimum atomic E-state index is -4.49. The Labute approximate surface area is 161 Å². The van der Waals surface area contributed by atoms with E-state index in [2.05, 4.69) is 10.3 Å². The highest BCUT2D eigenvalue weighted by molar-refractivity contribution is 6.05. The van der Waals surface area contributed by atoms with Crippen LogP contribution >= 0.6 is 0 Å². The molecule has 1 aromatic carbocycles. The maximum absolute atomic E-state index is 13.4. The van der Waals surface area contributed by atoms with Gasteiger partial charge in [-0.05, 0) is 50.6 Å². The first-order chi connectivity index (χ1) is 13.2. The maximum Gasteiger partial charge on any atom is 0.418 e. The number of nitrogens with one attached hydrogen (secondary N) is 1. The number of anilines is 1. The Kier molecular flexibility index (Phi) is 5.27. The molecule has 0 saturated heterocycles. The van der Waals surface area contributed by atoms with Gasteiger partial charge in [-0.15, -0.1) is 0 Å². The van der Waals surface area contributed by atoms with E-state index in [0.29, 0.717) is 22.8 Å². The standard InChI is InChI=1S/C21H20F3N3O/c1-4-15-8-7-11-19(25-15)26-20(28)16-12-13(2)27(14(16)3)18-10-6-5-9-17(18)21(22,23)24/h5-12H,4H2,1-3H3,(H,25,26,28). The number of pyridine rings is 1. The fourth-order valence-electron chi connectivity index (χ4n) is 3.20. The van der Waals surface area contributed by atoms with Crippen molar-refractivity contribution in [2.45, 2.75) is 33.4 Å². The second kappa shape index (κ2) is 7.50. The zero-order valence-electron chi connectivity index (χ0n) is 15.8. The lowest BCUT2D eigenvalue weighted by Crippen LogP contribution is -2.15. The van der Waals surface area contributed by atoms with Crippen molar-refractivity contribution in [3.8, 4) is 5.69 Å². The van der Waals surface area contributed by atoms with Gasteiger partial charge in [0, 0.05) is 17.1 Å². The summed E-state index contributed by atoms with van der Waals surface area (Å²) in [6.45, 7) is 5.26. The molecule has 4 nitrogen and oxygen atoms in total. The van der Waals surface area contributed by atoms with Gasteiger partial charge in [-0.2, -0.15) is 13.2 Å². The highest BCUT2D eigenvalue weighted by atomic mass is 19.4. The van der Waals surface area contributed by atoms with Gasteiger partial charge < -0.3 is 9.88 Å². The van der Waals surface area contributed by atoms with Crippen molar-refractivity contribution in [3.05, 3.63) is 76.7 Å². The molecule has 1 amide bonds. The molecule has 0 fully saturated rings. The minimum Gasteiger partial charge on any atom is -0.317 e. The van der Waals surface area contributed by atoms with Crippen LogP contribution in [0.3, 0.4) is 0 Å². The number of benzene rings is 1. The van der Waals surface area contributed by atoms with E-state index in [-0.39, 0.29) is 5.69 Å². The predicted octanol–water partition coefficient (Wildman–Crippen LogP) is 5.32. The molecule has 146 valence electrons. The van der Waals surface area contributed by atoms with Crippen LogP contribution in [0.25, 0.3) is 5.69 Å². The van der Waals surface area contributed by atoms with E-state index in [1.54, 1.807) is 38.1 Å². The summed E-state index contributed by atoms with van der Waals surface area (Å²) in [5.74, 6) is -0.00515. The summed E-state index contributed by atoms with van der Waals surface area (Å²) >= 11 is 0. The second-order valence-electron chi connectivity index (χ2n) is 6.46. The Hall–Kier alpha value is -3.09. The number of hydrogen-bond donors (Lipinski definition) is 1. The van der Waals surface area contributed by atoms with E-state index in [4.69, 9.17) is 0 Å². The van der Waals surface area contributed by atoms with Crippen LogP contribution in [0.15, 0.2) is 48.5 Å². The Morgan fingerprint density at radius 1 is 1.11 bits per heavy atom. The second-order valence-corrected chi connectivity index (χ2v) is 6.46. The summed E-state index contributed by atoms with van der Waals surface area (Å²) in [5.41, 5.74) is 1.35.